The largest absolute Gasteiger partial charge is 0.481 e. The predicted octanol–water partition coefficient (Wildman–Crippen LogP) is 5.19. The summed E-state index contributed by atoms with van der Waals surface area (Å²) >= 11 is 12.2. The van der Waals surface area contributed by atoms with E-state index in [1.54, 1.807) is 32.0 Å². The Morgan fingerprint density at radius 1 is 1.11 bits per heavy atom. The van der Waals surface area contributed by atoms with Crippen LogP contribution in [0, 0.1) is 13.8 Å². The van der Waals surface area contributed by atoms with E-state index >= 15 is 0 Å². The first-order valence-electron chi connectivity index (χ1n) is 8.43. The lowest BCUT2D eigenvalue weighted by molar-refractivity contribution is -0.122. The number of anilines is 1. The Morgan fingerprint density at radius 3 is 2.33 bits per heavy atom. The standard InChI is InChI=1S/C20H21Cl2NO4/c1-5-26-20(25)16-10-14(6-7-17(16)21)23-19(24)13(4)27-15-8-11(2)18(22)12(3)9-15/h6-10,13H,5H2,1-4H3,(H,23,24). The fraction of sp³-hybridized carbons (Fsp3) is 0.300. The maximum absolute atomic E-state index is 12.4. The van der Waals surface area contributed by atoms with Crippen LogP contribution in [0.5, 0.6) is 5.75 Å². The number of benzene rings is 2. The zero-order valence-electron chi connectivity index (χ0n) is 15.6. The molecule has 7 heteroatoms. The Morgan fingerprint density at radius 2 is 1.74 bits per heavy atom. The first-order chi connectivity index (χ1) is 12.7. The summed E-state index contributed by atoms with van der Waals surface area (Å²) in [6.45, 7) is 7.32. The Labute approximate surface area is 168 Å². The Bertz CT molecular complexity index is 844. The minimum Gasteiger partial charge on any atom is -0.481 e. The van der Waals surface area contributed by atoms with Gasteiger partial charge in [-0.3, -0.25) is 4.79 Å². The van der Waals surface area contributed by atoms with Crippen molar-refractivity contribution in [3.63, 3.8) is 0 Å². The van der Waals surface area contributed by atoms with Gasteiger partial charge in [-0.1, -0.05) is 23.2 Å². The molecule has 0 bridgehead atoms. The van der Waals surface area contributed by atoms with Crippen molar-refractivity contribution in [2.75, 3.05) is 11.9 Å². The van der Waals surface area contributed by atoms with Crippen molar-refractivity contribution in [1.82, 2.24) is 0 Å². The fourth-order valence-corrected chi connectivity index (χ4v) is 2.75. The number of aryl methyl sites for hydroxylation is 2. The van der Waals surface area contributed by atoms with E-state index in [2.05, 4.69) is 5.32 Å². The SMILES string of the molecule is CCOC(=O)c1cc(NC(=O)C(C)Oc2cc(C)c(Cl)c(C)c2)ccc1Cl. The Kier molecular flexibility index (Phi) is 7.11. The van der Waals surface area contributed by atoms with E-state index in [4.69, 9.17) is 32.7 Å². The van der Waals surface area contributed by atoms with Gasteiger partial charge in [-0.25, -0.2) is 4.79 Å². The molecule has 1 unspecified atom stereocenters. The number of nitrogens with one attached hydrogen (secondary N) is 1. The summed E-state index contributed by atoms with van der Waals surface area (Å²) in [4.78, 5) is 24.3. The summed E-state index contributed by atoms with van der Waals surface area (Å²) in [5, 5.41) is 3.64. The highest BCUT2D eigenvalue weighted by atomic mass is 35.5. The quantitative estimate of drug-likeness (QED) is 0.666. The first kappa shape index (κ1) is 21.1. The molecule has 0 fully saturated rings. The second-order valence-corrected chi connectivity index (χ2v) is 6.82. The van der Waals surface area contributed by atoms with Crippen molar-refractivity contribution in [2.45, 2.75) is 33.8 Å². The average molecular weight is 410 g/mol. The first-order valence-corrected chi connectivity index (χ1v) is 9.19. The van der Waals surface area contributed by atoms with E-state index in [-0.39, 0.29) is 23.1 Å². The molecule has 0 saturated heterocycles. The van der Waals surface area contributed by atoms with E-state index in [1.807, 2.05) is 13.8 Å². The molecule has 0 aliphatic rings. The molecule has 5 nitrogen and oxygen atoms in total. The second-order valence-electron chi connectivity index (χ2n) is 6.04. The smallest absolute Gasteiger partial charge is 0.339 e. The van der Waals surface area contributed by atoms with Gasteiger partial charge in [0.15, 0.2) is 6.10 Å². The number of carbonyl (C=O) groups excluding carboxylic acids is 2. The third-order valence-electron chi connectivity index (χ3n) is 3.82. The van der Waals surface area contributed by atoms with Gasteiger partial charge in [0.25, 0.3) is 5.91 Å². The van der Waals surface area contributed by atoms with Crippen LogP contribution >= 0.6 is 23.2 Å². The molecule has 0 saturated carbocycles. The van der Waals surface area contributed by atoms with Crippen LogP contribution in [0.2, 0.25) is 10.0 Å². The van der Waals surface area contributed by atoms with Crippen LogP contribution in [0.3, 0.4) is 0 Å². The van der Waals surface area contributed by atoms with Gasteiger partial charge in [0, 0.05) is 10.7 Å². The lowest BCUT2D eigenvalue weighted by atomic mass is 10.1. The molecule has 1 N–H and O–H groups in total. The maximum Gasteiger partial charge on any atom is 0.339 e. The van der Waals surface area contributed by atoms with E-state index < -0.39 is 12.1 Å². The topological polar surface area (TPSA) is 64.6 Å². The molecule has 0 aromatic heterocycles. The van der Waals surface area contributed by atoms with Gasteiger partial charge in [0.2, 0.25) is 0 Å². The van der Waals surface area contributed by atoms with Crippen LogP contribution in [0.25, 0.3) is 0 Å². The molecule has 0 radical (unpaired) electrons. The fourth-order valence-electron chi connectivity index (χ4n) is 2.44. The zero-order chi connectivity index (χ0) is 20.1. The number of ether oxygens (including phenoxy) is 2. The second kappa shape index (κ2) is 9.11. The summed E-state index contributed by atoms with van der Waals surface area (Å²) in [6.07, 6.45) is -0.758. The maximum atomic E-state index is 12.4. The number of hydrogen-bond donors (Lipinski definition) is 1. The molecule has 0 heterocycles. The van der Waals surface area contributed by atoms with Gasteiger partial charge in [-0.15, -0.1) is 0 Å². The minimum atomic E-state index is -0.758. The van der Waals surface area contributed by atoms with Crippen LogP contribution in [0.4, 0.5) is 5.69 Å². The molecule has 2 aromatic rings. The number of rotatable bonds is 6. The summed E-state index contributed by atoms with van der Waals surface area (Å²) in [6, 6.07) is 8.16. The summed E-state index contributed by atoms with van der Waals surface area (Å²) in [5.74, 6) is -0.354. The van der Waals surface area contributed by atoms with Gasteiger partial charge in [-0.2, -0.15) is 0 Å². The van der Waals surface area contributed by atoms with Crippen LogP contribution in [0.1, 0.15) is 35.3 Å². The van der Waals surface area contributed by atoms with Gasteiger partial charge < -0.3 is 14.8 Å². The molecule has 0 aliphatic carbocycles. The monoisotopic (exact) mass is 409 g/mol. The lowest BCUT2D eigenvalue weighted by Crippen LogP contribution is -2.30. The van der Waals surface area contributed by atoms with Gasteiger partial charge >= 0.3 is 5.97 Å². The normalized spacial score (nSPS) is 11.6. The Hall–Kier alpha value is -2.24. The van der Waals surface area contributed by atoms with Crippen LogP contribution in [-0.2, 0) is 9.53 Å². The van der Waals surface area contributed by atoms with E-state index in [9.17, 15) is 9.59 Å². The van der Waals surface area contributed by atoms with E-state index in [1.165, 1.54) is 12.1 Å². The molecule has 0 spiro atoms. The van der Waals surface area contributed by atoms with Crippen LogP contribution in [-0.4, -0.2) is 24.6 Å². The summed E-state index contributed by atoms with van der Waals surface area (Å²) in [5.41, 5.74) is 2.35. The molecular formula is C20H21Cl2NO4. The zero-order valence-corrected chi connectivity index (χ0v) is 17.1. The number of carbonyl (C=O) groups is 2. The van der Waals surface area contributed by atoms with Crippen molar-refractivity contribution in [3.05, 3.63) is 57.1 Å². The highest BCUT2D eigenvalue weighted by Crippen LogP contribution is 2.27. The Balaban J connectivity index is 2.10. The molecule has 0 aliphatic heterocycles. The molecule has 144 valence electrons. The van der Waals surface area contributed by atoms with Crippen molar-refractivity contribution in [2.24, 2.45) is 0 Å². The average Bonchev–Trinajstić information content (AvgIpc) is 2.61. The molecule has 2 aromatic carbocycles. The van der Waals surface area contributed by atoms with Crippen molar-refractivity contribution >= 4 is 40.8 Å². The highest BCUT2D eigenvalue weighted by Gasteiger charge is 2.18. The lowest BCUT2D eigenvalue weighted by Gasteiger charge is -2.16. The molecule has 27 heavy (non-hydrogen) atoms. The van der Waals surface area contributed by atoms with Crippen LogP contribution in [0.15, 0.2) is 30.3 Å². The minimum absolute atomic E-state index is 0.189. The molecule has 2 rings (SSSR count). The number of halogens is 2. The predicted molar refractivity (Wildman–Crippen MR) is 107 cm³/mol. The summed E-state index contributed by atoms with van der Waals surface area (Å²) < 4.78 is 10.7. The third kappa shape index (κ3) is 5.37. The van der Waals surface area contributed by atoms with E-state index in [0.717, 1.165) is 11.1 Å². The van der Waals surface area contributed by atoms with Crippen molar-refractivity contribution < 1.29 is 19.1 Å². The molecular weight excluding hydrogens is 389 g/mol. The van der Waals surface area contributed by atoms with Gasteiger partial charge in [0.1, 0.15) is 5.75 Å². The van der Waals surface area contributed by atoms with E-state index in [0.29, 0.717) is 16.5 Å². The van der Waals surface area contributed by atoms with Gasteiger partial charge in [0.05, 0.1) is 17.2 Å². The van der Waals surface area contributed by atoms with Crippen LogP contribution < -0.4 is 10.1 Å². The van der Waals surface area contributed by atoms with Gasteiger partial charge in [-0.05, 0) is 69.2 Å². The molecule has 1 atom stereocenters. The number of amides is 1. The van der Waals surface area contributed by atoms with Crippen molar-refractivity contribution in [3.8, 4) is 5.75 Å². The number of esters is 1. The van der Waals surface area contributed by atoms with Crippen molar-refractivity contribution in [1.29, 1.82) is 0 Å². The molecule has 1 amide bonds. The summed E-state index contributed by atoms with van der Waals surface area (Å²) in [7, 11) is 0. The number of hydrogen-bond acceptors (Lipinski definition) is 4. The third-order valence-corrected chi connectivity index (χ3v) is 4.75. The highest BCUT2D eigenvalue weighted by molar-refractivity contribution is 6.33.